The van der Waals surface area contributed by atoms with Gasteiger partial charge in [0.2, 0.25) is 5.91 Å². The van der Waals surface area contributed by atoms with Crippen LogP contribution in [0.4, 0.5) is 0 Å². The van der Waals surface area contributed by atoms with Crippen LogP contribution in [0.15, 0.2) is 0 Å². The lowest BCUT2D eigenvalue weighted by Gasteiger charge is -2.28. The monoisotopic (exact) mass is 314 g/mol. The molecule has 1 atom stereocenters. The molecular weight excluding hydrogens is 292 g/mol. The Hall–Kier alpha value is -2.18. The van der Waals surface area contributed by atoms with Crippen LogP contribution in [0.25, 0.3) is 4.85 Å². The first-order valence-corrected chi connectivity index (χ1v) is 6.75. The summed E-state index contributed by atoms with van der Waals surface area (Å²) in [6.07, 6.45) is 0. The van der Waals surface area contributed by atoms with Crippen LogP contribution in [0.2, 0.25) is 0 Å². The van der Waals surface area contributed by atoms with E-state index in [0.717, 1.165) is 0 Å². The number of carbonyl (C=O) groups excluding carboxylic acids is 2. The van der Waals surface area contributed by atoms with Crippen LogP contribution in [-0.4, -0.2) is 78.2 Å². The lowest BCUT2D eigenvalue weighted by Crippen LogP contribution is -2.48. The molecule has 0 saturated heterocycles. The summed E-state index contributed by atoms with van der Waals surface area (Å²) in [5.41, 5.74) is 5.15. The molecule has 9 nitrogen and oxygen atoms in total. The average molecular weight is 314 g/mol. The number of hydrogen-bond donors (Lipinski definition) is 2. The summed E-state index contributed by atoms with van der Waals surface area (Å²) < 4.78 is 4.82. The highest BCUT2D eigenvalue weighted by Gasteiger charge is 2.23. The Morgan fingerprint density at radius 1 is 1.32 bits per heavy atom. The van der Waals surface area contributed by atoms with Gasteiger partial charge in [-0.25, -0.2) is 11.5 Å². The van der Waals surface area contributed by atoms with Crippen molar-refractivity contribution in [3.05, 3.63) is 11.4 Å². The molecule has 9 heteroatoms. The van der Waals surface area contributed by atoms with Gasteiger partial charge in [-0.1, -0.05) is 0 Å². The Bertz CT molecular complexity index is 435. The van der Waals surface area contributed by atoms with Crippen LogP contribution >= 0.6 is 0 Å². The lowest BCUT2D eigenvalue weighted by molar-refractivity contribution is -0.145. The Balaban J connectivity index is 4.78. The number of nitrogens with two attached hydrogens (primary N) is 1. The summed E-state index contributed by atoms with van der Waals surface area (Å²) >= 11 is 0. The van der Waals surface area contributed by atoms with Crippen molar-refractivity contribution in [2.75, 3.05) is 39.5 Å². The summed E-state index contributed by atoms with van der Waals surface area (Å²) in [4.78, 5) is 39.5. The second-order valence-corrected chi connectivity index (χ2v) is 4.73. The summed E-state index contributed by atoms with van der Waals surface area (Å²) in [6, 6.07) is -0.348. The maximum atomic E-state index is 11.5. The molecule has 0 spiro atoms. The van der Waals surface area contributed by atoms with E-state index < -0.39 is 17.8 Å². The van der Waals surface area contributed by atoms with Crippen molar-refractivity contribution in [1.29, 1.82) is 0 Å². The van der Waals surface area contributed by atoms with Gasteiger partial charge in [0.15, 0.2) is 0 Å². The fourth-order valence-corrected chi connectivity index (χ4v) is 1.89. The number of esters is 1. The van der Waals surface area contributed by atoms with Crippen molar-refractivity contribution in [1.82, 2.24) is 9.80 Å². The topological polar surface area (TPSA) is 118 Å². The first-order chi connectivity index (χ1) is 10.3. The molecule has 0 aliphatic heterocycles. The molecule has 0 aliphatic carbocycles. The average Bonchev–Trinajstić information content (AvgIpc) is 2.36. The summed E-state index contributed by atoms with van der Waals surface area (Å²) in [6.45, 7) is 10.0. The quantitative estimate of drug-likeness (QED) is 0.370. The lowest BCUT2D eigenvalue weighted by atomic mass is 10.2. The number of carbonyl (C=O) groups is 3. The molecule has 1 amide bonds. The third-order valence-corrected chi connectivity index (χ3v) is 2.77. The van der Waals surface area contributed by atoms with Crippen LogP contribution in [0.3, 0.4) is 0 Å². The third kappa shape index (κ3) is 8.89. The van der Waals surface area contributed by atoms with Crippen LogP contribution in [0.1, 0.15) is 13.8 Å². The van der Waals surface area contributed by atoms with Gasteiger partial charge in [-0.05, 0) is 13.8 Å². The third-order valence-electron chi connectivity index (χ3n) is 2.77. The van der Waals surface area contributed by atoms with E-state index in [9.17, 15) is 14.4 Å². The maximum absolute atomic E-state index is 11.5. The molecule has 0 aliphatic rings. The van der Waals surface area contributed by atoms with Crippen LogP contribution in [-0.2, 0) is 19.1 Å². The van der Waals surface area contributed by atoms with Gasteiger partial charge in [0, 0.05) is 12.6 Å². The first kappa shape index (κ1) is 19.8. The van der Waals surface area contributed by atoms with E-state index >= 15 is 0 Å². The zero-order valence-electron chi connectivity index (χ0n) is 12.8. The minimum Gasteiger partial charge on any atom is -0.480 e. The fraction of sp³-hybridized carbons (Fsp3) is 0.692. The molecule has 0 rings (SSSR count). The molecule has 0 heterocycles. The molecule has 0 bridgehead atoms. The molecule has 3 N–H and O–H groups in total. The van der Waals surface area contributed by atoms with Gasteiger partial charge in [-0.15, -0.1) is 0 Å². The van der Waals surface area contributed by atoms with Crippen molar-refractivity contribution in [3.63, 3.8) is 0 Å². The van der Waals surface area contributed by atoms with Crippen LogP contribution < -0.4 is 5.73 Å². The van der Waals surface area contributed by atoms with Gasteiger partial charge in [-0.3, -0.25) is 24.1 Å². The molecule has 0 fully saturated rings. The van der Waals surface area contributed by atoms with Gasteiger partial charge < -0.3 is 15.6 Å². The highest BCUT2D eigenvalue weighted by molar-refractivity contribution is 5.77. The molecule has 0 unspecified atom stereocenters. The van der Waals surface area contributed by atoms with E-state index in [0.29, 0.717) is 0 Å². The molecule has 0 aromatic carbocycles. The van der Waals surface area contributed by atoms with Crippen molar-refractivity contribution in [3.8, 4) is 0 Å². The minimum absolute atomic E-state index is 0.0860. The van der Waals surface area contributed by atoms with Crippen LogP contribution in [0.5, 0.6) is 0 Å². The molecule has 22 heavy (non-hydrogen) atoms. The Morgan fingerprint density at radius 2 is 1.95 bits per heavy atom. The molecule has 0 aromatic heterocycles. The highest BCUT2D eigenvalue weighted by Crippen LogP contribution is 2.03. The van der Waals surface area contributed by atoms with Crippen molar-refractivity contribution in [2.45, 2.75) is 19.9 Å². The van der Waals surface area contributed by atoms with Crippen LogP contribution in [0, 0.1) is 6.57 Å². The normalized spacial score (nSPS) is 12.0. The van der Waals surface area contributed by atoms with Crippen molar-refractivity contribution in [2.24, 2.45) is 5.73 Å². The number of carboxylic acid groups (broad SMARTS) is 1. The van der Waals surface area contributed by atoms with Gasteiger partial charge in [-0.2, -0.15) is 0 Å². The smallest absolute Gasteiger partial charge is 0.320 e. The number of nitrogens with zero attached hydrogens (tertiary/aromatic N) is 3. The second-order valence-electron chi connectivity index (χ2n) is 4.73. The van der Waals surface area contributed by atoms with E-state index in [-0.39, 0.29) is 45.5 Å². The SMILES string of the molecule is [C-]#[N+]CN(CC(=O)O)[C@@H](C)CN(CC(N)=O)CC(=O)OCC. The van der Waals surface area contributed by atoms with Gasteiger partial charge in [0.1, 0.15) is 6.54 Å². The summed E-state index contributed by atoms with van der Waals surface area (Å²) in [5.74, 6) is -2.15. The number of aliphatic carboxylic acids is 1. The molecular formula is C13H22N4O5. The predicted octanol–water partition coefficient (Wildman–Crippen LogP) is -1.01. The largest absolute Gasteiger partial charge is 0.480 e. The van der Waals surface area contributed by atoms with E-state index in [1.807, 2.05) is 0 Å². The number of ether oxygens (including phenoxy) is 1. The van der Waals surface area contributed by atoms with Gasteiger partial charge >= 0.3 is 11.9 Å². The standard InChI is InChI=1S/C13H22N4O5/c1-4-22-13(21)8-16(6-11(14)18)5-10(2)17(9-15-3)7-12(19)20/h10H,4-9H2,1-2H3,(H2,14,18)(H,19,20)/t10-/m0/s1. The maximum Gasteiger partial charge on any atom is 0.320 e. The zero-order valence-corrected chi connectivity index (χ0v) is 12.8. The first-order valence-electron chi connectivity index (χ1n) is 6.75. The van der Waals surface area contributed by atoms with Crippen molar-refractivity contribution < 1.29 is 24.2 Å². The fourth-order valence-electron chi connectivity index (χ4n) is 1.89. The second kappa shape index (κ2) is 10.5. The van der Waals surface area contributed by atoms with E-state index in [2.05, 4.69) is 4.85 Å². The number of rotatable bonds is 11. The number of carboxylic acids is 1. The van der Waals surface area contributed by atoms with Gasteiger partial charge in [0.05, 0.1) is 19.7 Å². The Kier molecular flexibility index (Phi) is 9.49. The Morgan fingerprint density at radius 3 is 2.41 bits per heavy atom. The molecule has 124 valence electrons. The zero-order chi connectivity index (χ0) is 17.1. The van der Waals surface area contributed by atoms with Gasteiger partial charge in [0.25, 0.3) is 6.67 Å². The minimum atomic E-state index is -1.05. The molecule has 0 aromatic rings. The van der Waals surface area contributed by atoms with E-state index in [1.165, 1.54) is 9.80 Å². The summed E-state index contributed by atoms with van der Waals surface area (Å²) in [7, 11) is 0. The van der Waals surface area contributed by atoms with E-state index in [1.54, 1.807) is 13.8 Å². The molecule has 0 radical (unpaired) electrons. The highest BCUT2D eigenvalue weighted by atomic mass is 16.5. The Labute approximate surface area is 129 Å². The van der Waals surface area contributed by atoms with Crippen molar-refractivity contribution >= 4 is 17.8 Å². The number of hydrogen-bond acceptors (Lipinski definition) is 6. The number of amides is 1. The summed E-state index contributed by atoms with van der Waals surface area (Å²) in [5, 5.41) is 8.85. The predicted molar refractivity (Wildman–Crippen MR) is 77.5 cm³/mol. The molecule has 0 saturated carbocycles. The van der Waals surface area contributed by atoms with E-state index in [4.69, 9.17) is 22.1 Å². The number of primary amides is 1.